The lowest BCUT2D eigenvalue weighted by molar-refractivity contribution is -0.0463. The fourth-order valence-electron chi connectivity index (χ4n) is 3.68. The van der Waals surface area contributed by atoms with Crippen molar-refractivity contribution in [3.63, 3.8) is 0 Å². The lowest BCUT2D eigenvalue weighted by Gasteiger charge is -2.32. The molecule has 0 aromatic carbocycles. The van der Waals surface area contributed by atoms with Crippen LogP contribution in [0.5, 0.6) is 5.88 Å². The average molecular weight is 345 g/mol. The van der Waals surface area contributed by atoms with Gasteiger partial charge in [-0.1, -0.05) is 0 Å². The van der Waals surface area contributed by atoms with Gasteiger partial charge in [0.15, 0.2) is 5.82 Å². The second-order valence-corrected chi connectivity index (χ2v) is 6.45. The number of aryl methyl sites for hydroxylation is 1. The number of nitrogens with zero attached hydrogens (tertiary/aromatic N) is 3. The van der Waals surface area contributed by atoms with E-state index in [4.69, 9.17) is 9.47 Å². The van der Waals surface area contributed by atoms with E-state index in [2.05, 4.69) is 4.98 Å². The molecule has 2 fully saturated rings. The highest BCUT2D eigenvalue weighted by atomic mass is 19.1. The number of rotatable bonds is 3. The van der Waals surface area contributed by atoms with Gasteiger partial charge < -0.3 is 18.9 Å². The van der Waals surface area contributed by atoms with Crippen LogP contribution < -0.4 is 4.74 Å². The molecule has 3 atom stereocenters. The number of halogens is 1. The first-order valence-corrected chi connectivity index (χ1v) is 8.46. The molecule has 4 rings (SSSR count). The number of pyridine rings is 1. The van der Waals surface area contributed by atoms with Crippen LogP contribution in [0.25, 0.3) is 0 Å². The summed E-state index contributed by atoms with van der Waals surface area (Å²) in [5, 5.41) is 0. The Bertz CT molecular complexity index is 778. The van der Waals surface area contributed by atoms with E-state index in [1.165, 1.54) is 18.3 Å². The third-order valence-corrected chi connectivity index (χ3v) is 4.89. The highest BCUT2D eigenvalue weighted by Crippen LogP contribution is 2.32. The van der Waals surface area contributed by atoms with Gasteiger partial charge >= 0.3 is 0 Å². The number of carbonyl (C=O) groups excluding carboxylic acids is 1. The summed E-state index contributed by atoms with van der Waals surface area (Å²) in [6.45, 7) is 0.979. The van der Waals surface area contributed by atoms with Crippen LogP contribution in [0.15, 0.2) is 36.7 Å². The van der Waals surface area contributed by atoms with Crippen molar-refractivity contribution in [1.29, 1.82) is 0 Å². The van der Waals surface area contributed by atoms with E-state index in [-0.39, 0.29) is 23.9 Å². The van der Waals surface area contributed by atoms with Crippen molar-refractivity contribution in [3.05, 3.63) is 48.2 Å². The molecule has 0 spiro atoms. The number of hydrogen-bond acceptors (Lipinski definition) is 4. The van der Waals surface area contributed by atoms with E-state index >= 15 is 0 Å². The molecule has 7 heteroatoms. The highest BCUT2D eigenvalue weighted by molar-refractivity contribution is 5.93. The van der Waals surface area contributed by atoms with E-state index in [0.717, 1.165) is 12.8 Å². The lowest BCUT2D eigenvalue weighted by atomic mass is 10.0. The predicted molar refractivity (Wildman–Crippen MR) is 87.8 cm³/mol. The smallest absolute Gasteiger partial charge is 0.270 e. The number of hydrogen-bond donors (Lipinski definition) is 0. The van der Waals surface area contributed by atoms with E-state index in [0.29, 0.717) is 18.8 Å². The van der Waals surface area contributed by atoms with Crippen LogP contribution in [0, 0.1) is 5.82 Å². The fourth-order valence-corrected chi connectivity index (χ4v) is 3.68. The molecule has 2 saturated heterocycles. The number of fused-ring (bicyclic) bond motifs is 1. The van der Waals surface area contributed by atoms with Crippen molar-refractivity contribution in [2.75, 3.05) is 13.2 Å². The zero-order valence-electron chi connectivity index (χ0n) is 14.0. The summed E-state index contributed by atoms with van der Waals surface area (Å²) < 4.78 is 27.4. The molecular formula is C18H20FN3O3. The largest absolute Gasteiger partial charge is 0.468 e. The number of carbonyl (C=O) groups is 1. The van der Waals surface area contributed by atoms with E-state index in [1.807, 2.05) is 19.3 Å². The van der Waals surface area contributed by atoms with Crippen molar-refractivity contribution in [3.8, 4) is 5.88 Å². The zero-order valence-corrected chi connectivity index (χ0v) is 14.0. The normalized spacial score (nSPS) is 25.7. The lowest BCUT2D eigenvalue weighted by Crippen LogP contribution is -2.44. The molecule has 0 radical (unpaired) electrons. The summed E-state index contributed by atoms with van der Waals surface area (Å²) in [6.07, 6.45) is 4.38. The first kappa shape index (κ1) is 16.1. The molecule has 0 N–H and O–H groups in total. The van der Waals surface area contributed by atoms with Gasteiger partial charge in [-0.05, 0) is 37.1 Å². The summed E-state index contributed by atoms with van der Waals surface area (Å²) in [5.74, 6) is -0.615. The molecule has 2 aromatic heterocycles. The Hall–Kier alpha value is -2.41. The standard InChI is InChI=1S/C18H20FN3O3/c1-21-9-3-6-14(21)18(23)22-11-15(16-13(22)7-4-10-24-16)25-17-12(19)5-2-8-20-17/h2-3,5-6,8-9,13,15-16H,4,7,10-11H2,1H3/t13-,15-,16+/m1/s1. The van der Waals surface area contributed by atoms with Gasteiger partial charge in [0.1, 0.15) is 17.9 Å². The van der Waals surface area contributed by atoms with Crippen LogP contribution in [-0.4, -0.2) is 51.8 Å². The fraction of sp³-hybridized carbons (Fsp3) is 0.444. The third kappa shape index (κ3) is 2.89. The molecule has 2 aliphatic heterocycles. The Kier molecular flexibility index (Phi) is 4.17. The van der Waals surface area contributed by atoms with Gasteiger partial charge in [-0.15, -0.1) is 0 Å². The molecule has 1 amide bonds. The van der Waals surface area contributed by atoms with Gasteiger partial charge in [0.25, 0.3) is 11.8 Å². The molecule has 6 nitrogen and oxygen atoms in total. The molecule has 0 bridgehead atoms. The third-order valence-electron chi connectivity index (χ3n) is 4.89. The molecule has 2 aliphatic rings. The first-order valence-electron chi connectivity index (χ1n) is 8.46. The van der Waals surface area contributed by atoms with Gasteiger partial charge in [-0.3, -0.25) is 4.79 Å². The van der Waals surface area contributed by atoms with Gasteiger partial charge in [0, 0.05) is 26.0 Å². The Morgan fingerprint density at radius 1 is 1.40 bits per heavy atom. The van der Waals surface area contributed by atoms with E-state index in [1.54, 1.807) is 15.5 Å². The van der Waals surface area contributed by atoms with Crippen LogP contribution in [0.2, 0.25) is 0 Å². The van der Waals surface area contributed by atoms with Crippen molar-refractivity contribution in [1.82, 2.24) is 14.5 Å². The minimum absolute atomic E-state index is 0.0476. The van der Waals surface area contributed by atoms with Crippen molar-refractivity contribution in [2.45, 2.75) is 31.1 Å². The molecular weight excluding hydrogens is 325 g/mol. The molecule has 4 heterocycles. The van der Waals surface area contributed by atoms with E-state index < -0.39 is 11.9 Å². The summed E-state index contributed by atoms with van der Waals surface area (Å²) in [4.78, 5) is 18.7. The highest BCUT2D eigenvalue weighted by Gasteiger charge is 2.48. The molecule has 25 heavy (non-hydrogen) atoms. The minimum Gasteiger partial charge on any atom is -0.468 e. The Balaban J connectivity index is 1.59. The van der Waals surface area contributed by atoms with Crippen LogP contribution >= 0.6 is 0 Å². The minimum atomic E-state index is -0.512. The molecule has 0 aliphatic carbocycles. The molecule has 0 unspecified atom stereocenters. The molecule has 132 valence electrons. The maximum absolute atomic E-state index is 13.9. The maximum atomic E-state index is 13.9. The summed E-state index contributed by atoms with van der Waals surface area (Å²) in [7, 11) is 1.84. The van der Waals surface area contributed by atoms with Crippen LogP contribution in [-0.2, 0) is 11.8 Å². The van der Waals surface area contributed by atoms with Crippen LogP contribution in [0.3, 0.4) is 0 Å². The molecule has 2 aromatic rings. The van der Waals surface area contributed by atoms with Crippen molar-refractivity contribution in [2.24, 2.45) is 7.05 Å². The second kappa shape index (κ2) is 6.48. The van der Waals surface area contributed by atoms with Gasteiger partial charge in [-0.2, -0.15) is 0 Å². The van der Waals surface area contributed by atoms with Crippen molar-refractivity contribution < 1.29 is 18.7 Å². The van der Waals surface area contributed by atoms with Crippen LogP contribution in [0.1, 0.15) is 23.3 Å². The average Bonchev–Trinajstić information content (AvgIpc) is 3.21. The topological polar surface area (TPSA) is 56.6 Å². The predicted octanol–water partition coefficient (Wildman–Crippen LogP) is 2.01. The van der Waals surface area contributed by atoms with E-state index in [9.17, 15) is 9.18 Å². The zero-order chi connectivity index (χ0) is 17.4. The summed E-state index contributed by atoms with van der Waals surface area (Å²) in [6, 6.07) is 6.40. The number of amides is 1. The quantitative estimate of drug-likeness (QED) is 0.854. The summed E-state index contributed by atoms with van der Waals surface area (Å²) in [5.41, 5.74) is 0.619. The van der Waals surface area contributed by atoms with Crippen molar-refractivity contribution >= 4 is 5.91 Å². The van der Waals surface area contributed by atoms with Gasteiger partial charge in [-0.25, -0.2) is 9.37 Å². The van der Waals surface area contributed by atoms with Gasteiger partial charge in [0.05, 0.1) is 12.6 Å². The summed E-state index contributed by atoms with van der Waals surface area (Å²) >= 11 is 0. The Labute approximate surface area is 145 Å². The molecule has 0 saturated carbocycles. The van der Waals surface area contributed by atoms with Crippen LogP contribution in [0.4, 0.5) is 4.39 Å². The SMILES string of the molecule is Cn1cccc1C(=O)N1C[C@@H](Oc2ncccc2F)[C@H]2OCCC[C@H]21. The maximum Gasteiger partial charge on any atom is 0.270 e. The Morgan fingerprint density at radius 3 is 3.04 bits per heavy atom. The number of ether oxygens (including phenoxy) is 2. The number of likely N-dealkylation sites (tertiary alicyclic amines) is 1. The van der Waals surface area contributed by atoms with Gasteiger partial charge in [0.2, 0.25) is 0 Å². The number of aromatic nitrogens is 2. The Morgan fingerprint density at radius 2 is 2.28 bits per heavy atom. The monoisotopic (exact) mass is 345 g/mol. The first-order chi connectivity index (χ1) is 12.1. The second-order valence-electron chi connectivity index (χ2n) is 6.45.